The van der Waals surface area contributed by atoms with E-state index < -0.39 is 5.97 Å². The van der Waals surface area contributed by atoms with E-state index in [1.807, 2.05) is 46.1 Å². The number of fused-ring (bicyclic) bond motifs is 3. The predicted molar refractivity (Wildman–Crippen MR) is 133 cm³/mol. The minimum Gasteiger partial charge on any atom is -0.481 e. The first-order chi connectivity index (χ1) is 15.8. The first-order valence-electron chi connectivity index (χ1n) is 11.7. The number of halogens is 2. The lowest BCUT2D eigenvalue weighted by Gasteiger charge is -2.13. The van der Waals surface area contributed by atoms with Gasteiger partial charge in [0.25, 0.3) is 0 Å². The molecule has 0 fully saturated rings. The van der Waals surface area contributed by atoms with Gasteiger partial charge in [-0.2, -0.15) is 0 Å². The Hall–Kier alpha value is -2.66. The summed E-state index contributed by atoms with van der Waals surface area (Å²) in [4.78, 5) is 25.0. The van der Waals surface area contributed by atoms with E-state index in [1.54, 1.807) is 24.3 Å². The van der Waals surface area contributed by atoms with Crippen LogP contribution in [-0.4, -0.2) is 21.4 Å². The van der Waals surface area contributed by atoms with Gasteiger partial charge in [-0.25, -0.2) is 4.39 Å². The second-order valence-corrected chi connectivity index (χ2v) is 8.31. The van der Waals surface area contributed by atoms with Gasteiger partial charge in [-0.3, -0.25) is 9.59 Å². The summed E-state index contributed by atoms with van der Waals surface area (Å²) in [5.41, 5.74) is 3.09. The molecule has 2 aromatic carbocycles. The van der Waals surface area contributed by atoms with Crippen LogP contribution in [0.1, 0.15) is 93.4 Å². The summed E-state index contributed by atoms with van der Waals surface area (Å²) in [6.07, 6.45) is 0.558. The van der Waals surface area contributed by atoms with Crippen molar-refractivity contribution in [3.05, 3.63) is 69.6 Å². The zero-order valence-electron chi connectivity index (χ0n) is 20.2. The lowest BCUT2D eigenvalue weighted by atomic mass is 9.88. The molecule has 0 amide bonds. The number of carboxylic acid groups (broad SMARTS) is 1. The number of carbonyl (C=O) groups excluding carboxylic acids is 1. The molecule has 0 radical (unpaired) electrons. The number of ketones is 1. The maximum Gasteiger partial charge on any atom is 0.304 e. The van der Waals surface area contributed by atoms with Gasteiger partial charge in [-0.15, -0.1) is 0 Å². The molecular weight excluding hydrogens is 441 g/mol. The molecule has 1 aliphatic rings. The van der Waals surface area contributed by atoms with Gasteiger partial charge in [0.2, 0.25) is 0 Å². The van der Waals surface area contributed by atoms with Crippen LogP contribution in [0.4, 0.5) is 4.39 Å². The van der Waals surface area contributed by atoms with Gasteiger partial charge in [0.15, 0.2) is 5.78 Å². The highest BCUT2D eigenvalue weighted by Gasteiger charge is 2.35. The third-order valence-corrected chi connectivity index (χ3v) is 5.92. The van der Waals surface area contributed by atoms with Gasteiger partial charge in [0, 0.05) is 34.1 Å². The fourth-order valence-electron chi connectivity index (χ4n) is 4.42. The molecule has 1 aromatic heterocycles. The summed E-state index contributed by atoms with van der Waals surface area (Å²) in [6.45, 7) is 12.5. The molecule has 0 spiro atoms. The van der Waals surface area contributed by atoms with Crippen LogP contribution >= 0.6 is 11.6 Å². The molecule has 4 nitrogen and oxygen atoms in total. The summed E-state index contributed by atoms with van der Waals surface area (Å²) in [6, 6.07) is 9.58. The maximum absolute atomic E-state index is 14.4. The first kappa shape index (κ1) is 26.6. The quantitative estimate of drug-likeness (QED) is 0.384. The smallest absolute Gasteiger partial charge is 0.304 e. The minimum atomic E-state index is -0.908. The molecule has 1 unspecified atom stereocenters. The van der Waals surface area contributed by atoms with E-state index in [-0.39, 0.29) is 29.9 Å². The van der Waals surface area contributed by atoms with Crippen molar-refractivity contribution in [3.63, 3.8) is 0 Å². The lowest BCUT2D eigenvalue weighted by Crippen LogP contribution is -2.10. The van der Waals surface area contributed by atoms with Crippen molar-refractivity contribution in [1.29, 1.82) is 0 Å². The number of hydrogen-bond acceptors (Lipinski definition) is 2. The molecule has 6 heteroatoms. The standard InChI is InChI=1S/C23H21ClFNO3.2C2H6/c1-12(2)17-10-16(25)11-18-20(17)21(23(29)13-3-5-15(24)6-4-13)22-14(9-19(27)28)7-8-26(18)22;2*1-2/h3-6,10-12,14H,7-9H2,1-2H3,(H,27,28);2*1-2H3. The van der Waals surface area contributed by atoms with Crippen molar-refractivity contribution in [1.82, 2.24) is 4.57 Å². The fourth-order valence-corrected chi connectivity index (χ4v) is 4.54. The molecule has 0 saturated carbocycles. The van der Waals surface area contributed by atoms with Crippen molar-refractivity contribution in [2.45, 2.75) is 72.8 Å². The van der Waals surface area contributed by atoms with Crippen LogP contribution in [0.5, 0.6) is 0 Å². The average Bonchev–Trinajstić information content (AvgIpc) is 3.34. The second-order valence-electron chi connectivity index (χ2n) is 7.88. The number of rotatable bonds is 5. The number of benzene rings is 2. The average molecular weight is 474 g/mol. The van der Waals surface area contributed by atoms with Crippen LogP contribution in [0, 0.1) is 5.82 Å². The number of aromatic nitrogens is 1. The third kappa shape index (κ3) is 5.30. The van der Waals surface area contributed by atoms with Crippen molar-refractivity contribution in [3.8, 4) is 0 Å². The Bertz CT molecular complexity index is 1130. The molecule has 3 aromatic rings. The molecule has 1 aliphatic heterocycles. The summed E-state index contributed by atoms with van der Waals surface area (Å²) in [5.74, 6) is -1.73. The SMILES string of the molecule is CC.CC.CC(C)c1cc(F)cc2c1c(C(=O)c1ccc(Cl)cc1)c1n2CCC1CC(=O)O. The first-order valence-corrected chi connectivity index (χ1v) is 12.0. The molecule has 33 heavy (non-hydrogen) atoms. The van der Waals surface area contributed by atoms with Crippen molar-refractivity contribution in [2.24, 2.45) is 0 Å². The van der Waals surface area contributed by atoms with Crippen molar-refractivity contribution >= 4 is 34.3 Å². The molecule has 1 atom stereocenters. The van der Waals surface area contributed by atoms with Crippen LogP contribution in [0.2, 0.25) is 5.02 Å². The molecule has 1 N–H and O–H groups in total. The van der Waals surface area contributed by atoms with Gasteiger partial charge >= 0.3 is 5.97 Å². The Labute approximate surface area is 200 Å². The van der Waals surface area contributed by atoms with Crippen LogP contribution in [0.3, 0.4) is 0 Å². The second kappa shape index (κ2) is 11.5. The highest BCUT2D eigenvalue weighted by Crippen LogP contribution is 2.43. The molecule has 4 rings (SSSR count). The Balaban J connectivity index is 0.000000914. The van der Waals surface area contributed by atoms with Gasteiger partial charge in [-0.05, 0) is 54.3 Å². The minimum absolute atomic E-state index is 0.00557. The maximum atomic E-state index is 14.4. The normalized spacial score (nSPS) is 14.3. The molecule has 178 valence electrons. The predicted octanol–water partition coefficient (Wildman–Crippen LogP) is 7.80. The summed E-state index contributed by atoms with van der Waals surface area (Å²) in [7, 11) is 0. The van der Waals surface area contributed by atoms with E-state index >= 15 is 0 Å². The molecule has 2 heterocycles. The molecule has 0 aliphatic carbocycles. The Morgan fingerprint density at radius 2 is 1.73 bits per heavy atom. The molecule has 0 saturated heterocycles. The van der Waals surface area contributed by atoms with Crippen molar-refractivity contribution < 1.29 is 19.1 Å². The monoisotopic (exact) mass is 473 g/mol. The highest BCUT2D eigenvalue weighted by molar-refractivity contribution is 6.30. The number of aryl methyl sites for hydroxylation is 1. The third-order valence-electron chi connectivity index (χ3n) is 5.66. The molecule has 0 bridgehead atoms. The van der Waals surface area contributed by atoms with E-state index in [0.29, 0.717) is 40.3 Å². The number of aliphatic carboxylic acids is 1. The largest absolute Gasteiger partial charge is 0.481 e. The van der Waals surface area contributed by atoms with Crippen LogP contribution in [-0.2, 0) is 11.3 Å². The summed E-state index contributed by atoms with van der Waals surface area (Å²) in [5, 5.41) is 10.6. The Morgan fingerprint density at radius 3 is 2.27 bits per heavy atom. The van der Waals surface area contributed by atoms with E-state index in [0.717, 1.165) is 10.9 Å². The van der Waals surface area contributed by atoms with Gasteiger partial charge in [0.1, 0.15) is 5.82 Å². The van der Waals surface area contributed by atoms with Gasteiger partial charge in [-0.1, -0.05) is 53.1 Å². The molecular formula is C27H33ClFNO3. The van der Waals surface area contributed by atoms with Crippen LogP contribution in [0.25, 0.3) is 10.9 Å². The van der Waals surface area contributed by atoms with Crippen LogP contribution < -0.4 is 0 Å². The zero-order chi connectivity index (χ0) is 24.9. The Morgan fingerprint density at radius 1 is 1.12 bits per heavy atom. The van der Waals surface area contributed by atoms with E-state index in [4.69, 9.17) is 11.6 Å². The lowest BCUT2D eigenvalue weighted by molar-refractivity contribution is -0.137. The van der Waals surface area contributed by atoms with Crippen LogP contribution in [0.15, 0.2) is 36.4 Å². The Kier molecular flexibility index (Phi) is 9.24. The topological polar surface area (TPSA) is 59.3 Å². The zero-order valence-corrected chi connectivity index (χ0v) is 21.0. The number of carboxylic acids is 1. The summed E-state index contributed by atoms with van der Waals surface area (Å²) >= 11 is 5.97. The number of hydrogen-bond donors (Lipinski definition) is 1. The van der Waals surface area contributed by atoms with Gasteiger partial charge in [0.05, 0.1) is 17.5 Å². The fraction of sp³-hybridized carbons (Fsp3) is 0.407. The van der Waals surface area contributed by atoms with Crippen molar-refractivity contribution in [2.75, 3.05) is 0 Å². The van der Waals surface area contributed by atoms with E-state index in [2.05, 4.69) is 0 Å². The van der Waals surface area contributed by atoms with E-state index in [9.17, 15) is 19.1 Å². The van der Waals surface area contributed by atoms with E-state index in [1.165, 1.54) is 12.1 Å². The number of nitrogens with zero attached hydrogens (tertiary/aromatic N) is 1. The highest BCUT2D eigenvalue weighted by atomic mass is 35.5. The summed E-state index contributed by atoms with van der Waals surface area (Å²) < 4.78 is 16.3. The van der Waals surface area contributed by atoms with Gasteiger partial charge < -0.3 is 9.67 Å². The number of carbonyl (C=O) groups is 2.